The van der Waals surface area contributed by atoms with Crippen molar-refractivity contribution in [3.8, 4) is 0 Å². The first kappa shape index (κ1) is 14.7. The van der Waals surface area contributed by atoms with E-state index in [0.29, 0.717) is 0 Å². The molecular formula is C11H17O4PS. The molecule has 1 rings (SSSR count). The van der Waals surface area contributed by atoms with E-state index in [1.807, 2.05) is 24.3 Å². The molecule has 17 heavy (non-hydrogen) atoms. The van der Waals surface area contributed by atoms with Gasteiger partial charge in [0.2, 0.25) is 0 Å². The average Bonchev–Trinajstić information content (AvgIpc) is 2.29. The van der Waals surface area contributed by atoms with Crippen LogP contribution in [0.5, 0.6) is 0 Å². The Morgan fingerprint density at radius 2 is 1.59 bits per heavy atom. The number of rotatable bonds is 7. The van der Waals surface area contributed by atoms with Gasteiger partial charge in [-0.15, -0.1) is 12.6 Å². The lowest BCUT2D eigenvalue weighted by molar-refractivity contribution is 0.116. The van der Waals surface area contributed by atoms with Crippen molar-refractivity contribution in [1.82, 2.24) is 0 Å². The summed E-state index contributed by atoms with van der Waals surface area (Å²) in [6.07, 6.45) is 0. The van der Waals surface area contributed by atoms with Gasteiger partial charge in [0.15, 0.2) is 0 Å². The lowest BCUT2D eigenvalue weighted by Gasteiger charge is -2.16. The maximum absolute atomic E-state index is 12.0. The molecule has 0 heterocycles. The normalized spacial score (nSPS) is 11.7. The van der Waals surface area contributed by atoms with E-state index in [1.54, 1.807) is 13.8 Å². The van der Waals surface area contributed by atoms with Gasteiger partial charge in [0.05, 0.1) is 19.8 Å². The van der Waals surface area contributed by atoms with Crippen LogP contribution in [0.1, 0.15) is 19.4 Å². The molecule has 0 aromatic heterocycles. The standard InChI is InChI=1S/C11H17O4PS/c1-3-13-16(12,14-4-2)15-9-10-5-7-11(17)8-6-10/h5-8,17H,3-4,9H2,1-2H3. The zero-order valence-corrected chi connectivity index (χ0v) is 11.7. The summed E-state index contributed by atoms with van der Waals surface area (Å²) in [6, 6.07) is 7.39. The van der Waals surface area contributed by atoms with E-state index in [4.69, 9.17) is 13.6 Å². The zero-order valence-electron chi connectivity index (χ0n) is 9.96. The first-order chi connectivity index (χ1) is 8.09. The molecule has 4 nitrogen and oxygen atoms in total. The summed E-state index contributed by atoms with van der Waals surface area (Å²) in [4.78, 5) is 0.867. The van der Waals surface area contributed by atoms with Gasteiger partial charge < -0.3 is 0 Å². The molecule has 0 spiro atoms. The maximum atomic E-state index is 12.0. The fourth-order valence-corrected chi connectivity index (χ4v) is 2.49. The molecule has 0 bridgehead atoms. The van der Waals surface area contributed by atoms with Gasteiger partial charge in [0, 0.05) is 4.90 Å². The van der Waals surface area contributed by atoms with E-state index in [-0.39, 0.29) is 19.8 Å². The van der Waals surface area contributed by atoms with Crippen LogP contribution in [0.2, 0.25) is 0 Å². The molecule has 0 aliphatic heterocycles. The Labute approximate surface area is 107 Å². The van der Waals surface area contributed by atoms with E-state index in [9.17, 15) is 4.57 Å². The summed E-state index contributed by atoms with van der Waals surface area (Å²) >= 11 is 4.18. The van der Waals surface area contributed by atoms with Crippen LogP contribution in [0, 0.1) is 0 Å². The highest BCUT2D eigenvalue weighted by molar-refractivity contribution is 7.80. The highest BCUT2D eigenvalue weighted by atomic mass is 32.1. The van der Waals surface area contributed by atoms with E-state index in [0.717, 1.165) is 10.5 Å². The average molecular weight is 276 g/mol. The van der Waals surface area contributed by atoms with E-state index in [1.165, 1.54) is 0 Å². The third-order valence-electron chi connectivity index (χ3n) is 1.90. The van der Waals surface area contributed by atoms with Crippen LogP contribution in [-0.4, -0.2) is 13.2 Å². The van der Waals surface area contributed by atoms with Crippen molar-refractivity contribution in [2.45, 2.75) is 25.3 Å². The molecule has 1 aromatic rings. The van der Waals surface area contributed by atoms with Crippen LogP contribution in [-0.2, 0) is 24.7 Å². The Bertz CT molecular complexity index is 370. The molecule has 96 valence electrons. The van der Waals surface area contributed by atoms with Gasteiger partial charge in [0.25, 0.3) is 0 Å². The Balaban J connectivity index is 2.57. The van der Waals surface area contributed by atoms with Crippen LogP contribution >= 0.6 is 20.5 Å². The van der Waals surface area contributed by atoms with Gasteiger partial charge in [-0.3, -0.25) is 13.6 Å². The SMILES string of the molecule is CCOP(=O)(OCC)OCc1ccc(S)cc1. The molecule has 0 atom stereocenters. The predicted octanol–water partition coefficient (Wildman–Crippen LogP) is 3.67. The van der Waals surface area contributed by atoms with E-state index >= 15 is 0 Å². The molecule has 0 saturated heterocycles. The first-order valence-electron chi connectivity index (χ1n) is 5.41. The van der Waals surface area contributed by atoms with Crippen molar-refractivity contribution in [1.29, 1.82) is 0 Å². The molecule has 0 aliphatic carbocycles. The fourth-order valence-electron chi connectivity index (χ4n) is 1.17. The maximum Gasteiger partial charge on any atom is 0.475 e. The molecule has 0 fully saturated rings. The van der Waals surface area contributed by atoms with Gasteiger partial charge in [-0.25, -0.2) is 4.57 Å². The van der Waals surface area contributed by atoms with Crippen LogP contribution < -0.4 is 0 Å². The van der Waals surface area contributed by atoms with Crippen molar-refractivity contribution in [2.75, 3.05) is 13.2 Å². The largest absolute Gasteiger partial charge is 0.475 e. The molecule has 6 heteroatoms. The van der Waals surface area contributed by atoms with Gasteiger partial charge in [-0.05, 0) is 31.5 Å². The summed E-state index contributed by atoms with van der Waals surface area (Å²) in [7, 11) is -3.42. The second kappa shape index (κ2) is 7.19. The highest BCUT2D eigenvalue weighted by Gasteiger charge is 2.25. The van der Waals surface area contributed by atoms with Crippen LogP contribution in [0.15, 0.2) is 29.2 Å². The van der Waals surface area contributed by atoms with Gasteiger partial charge in [0.1, 0.15) is 0 Å². The van der Waals surface area contributed by atoms with Gasteiger partial charge >= 0.3 is 7.82 Å². The smallest absolute Gasteiger partial charge is 0.287 e. The Kier molecular flexibility index (Phi) is 6.23. The van der Waals surface area contributed by atoms with Crippen molar-refractivity contribution in [3.63, 3.8) is 0 Å². The third kappa shape index (κ3) is 5.23. The van der Waals surface area contributed by atoms with E-state index in [2.05, 4.69) is 12.6 Å². The number of hydrogen-bond acceptors (Lipinski definition) is 5. The number of phosphoric ester groups is 1. The monoisotopic (exact) mass is 276 g/mol. The lowest BCUT2D eigenvalue weighted by atomic mass is 10.2. The molecule has 0 unspecified atom stereocenters. The Morgan fingerprint density at radius 3 is 2.06 bits per heavy atom. The van der Waals surface area contributed by atoms with E-state index < -0.39 is 7.82 Å². The summed E-state index contributed by atoms with van der Waals surface area (Å²) in [6.45, 7) is 4.24. The second-order valence-electron chi connectivity index (χ2n) is 3.22. The van der Waals surface area contributed by atoms with Crippen molar-refractivity contribution < 1.29 is 18.1 Å². The lowest BCUT2D eigenvalue weighted by Crippen LogP contribution is -2.00. The molecule has 0 saturated carbocycles. The Morgan fingerprint density at radius 1 is 1.06 bits per heavy atom. The second-order valence-corrected chi connectivity index (χ2v) is 5.41. The van der Waals surface area contributed by atoms with Crippen LogP contribution in [0.3, 0.4) is 0 Å². The van der Waals surface area contributed by atoms with Gasteiger partial charge in [-0.2, -0.15) is 0 Å². The molecular weight excluding hydrogens is 259 g/mol. The predicted molar refractivity (Wildman–Crippen MR) is 69.3 cm³/mol. The van der Waals surface area contributed by atoms with Crippen molar-refractivity contribution in [2.24, 2.45) is 0 Å². The van der Waals surface area contributed by atoms with Gasteiger partial charge in [-0.1, -0.05) is 12.1 Å². The van der Waals surface area contributed by atoms with Crippen LogP contribution in [0.4, 0.5) is 0 Å². The summed E-state index contributed by atoms with van der Waals surface area (Å²) in [5.41, 5.74) is 0.891. The minimum atomic E-state index is -3.42. The van der Waals surface area contributed by atoms with Crippen LogP contribution in [0.25, 0.3) is 0 Å². The quantitative estimate of drug-likeness (QED) is 0.609. The summed E-state index contributed by atoms with van der Waals surface area (Å²) < 4.78 is 27.2. The third-order valence-corrected chi connectivity index (χ3v) is 3.79. The molecule has 0 N–H and O–H groups in total. The van der Waals surface area contributed by atoms with Crippen molar-refractivity contribution >= 4 is 20.5 Å². The molecule has 0 radical (unpaired) electrons. The molecule has 0 aliphatic rings. The number of hydrogen-bond donors (Lipinski definition) is 1. The number of thiol groups is 1. The molecule has 0 amide bonds. The topological polar surface area (TPSA) is 44.8 Å². The minimum Gasteiger partial charge on any atom is -0.287 e. The number of benzene rings is 1. The highest BCUT2D eigenvalue weighted by Crippen LogP contribution is 2.49. The first-order valence-corrected chi connectivity index (χ1v) is 7.32. The fraction of sp³-hybridized carbons (Fsp3) is 0.455. The molecule has 1 aromatic carbocycles. The Hall–Kier alpha value is -0.320. The zero-order chi connectivity index (χ0) is 12.7. The number of phosphoric acid groups is 1. The summed E-state index contributed by atoms with van der Waals surface area (Å²) in [5, 5.41) is 0. The van der Waals surface area contributed by atoms with Crippen molar-refractivity contribution in [3.05, 3.63) is 29.8 Å². The minimum absolute atomic E-state index is 0.186. The summed E-state index contributed by atoms with van der Waals surface area (Å²) in [5.74, 6) is 0.